The highest BCUT2D eigenvalue weighted by molar-refractivity contribution is 6.30. The first kappa shape index (κ1) is 20.6. The first-order valence-corrected chi connectivity index (χ1v) is 8.87. The molecule has 144 valence electrons. The summed E-state index contributed by atoms with van der Waals surface area (Å²) in [6.45, 7) is 5.64. The number of hydrogen-bond donors (Lipinski definition) is 2. The molecule has 0 saturated heterocycles. The minimum absolute atomic E-state index is 0.170. The van der Waals surface area contributed by atoms with E-state index in [1.165, 1.54) is 0 Å². The number of hydrogen-bond acceptors (Lipinski definition) is 4. The summed E-state index contributed by atoms with van der Waals surface area (Å²) in [5.74, 6) is 0.488. The molecule has 0 unspecified atom stereocenters. The van der Waals surface area contributed by atoms with Gasteiger partial charge in [0.15, 0.2) is 0 Å². The SMILES string of the molecule is CC(C)(C)OC(=O)Nc1ccc(NC(=O)CCOc2ccc(Cl)cc2)cc1. The van der Waals surface area contributed by atoms with Crippen LogP contribution < -0.4 is 15.4 Å². The lowest BCUT2D eigenvalue weighted by Gasteiger charge is -2.19. The molecule has 6 nitrogen and oxygen atoms in total. The van der Waals surface area contributed by atoms with Gasteiger partial charge in [-0.05, 0) is 69.3 Å². The Morgan fingerprint density at radius 2 is 1.48 bits per heavy atom. The van der Waals surface area contributed by atoms with Gasteiger partial charge in [-0.2, -0.15) is 0 Å². The zero-order valence-electron chi connectivity index (χ0n) is 15.5. The van der Waals surface area contributed by atoms with E-state index in [-0.39, 0.29) is 18.9 Å². The van der Waals surface area contributed by atoms with Crippen molar-refractivity contribution in [3.8, 4) is 5.75 Å². The van der Waals surface area contributed by atoms with E-state index >= 15 is 0 Å². The van der Waals surface area contributed by atoms with Crippen molar-refractivity contribution in [3.05, 3.63) is 53.6 Å². The van der Waals surface area contributed by atoms with E-state index in [2.05, 4.69) is 10.6 Å². The van der Waals surface area contributed by atoms with E-state index in [1.807, 2.05) is 0 Å². The van der Waals surface area contributed by atoms with Crippen LogP contribution in [0.3, 0.4) is 0 Å². The van der Waals surface area contributed by atoms with E-state index in [1.54, 1.807) is 69.3 Å². The molecule has 2 aromatic rings. The fourth-order valence-electron chi connectivity index (χ4n) is 2.07. The molecule has 0 bridgehead atoms. The molecule has 0 heterocycles. The summed E-state index contributed by atoms with van der Waals surface area (Å²) >= 11 is 5.80. The Balaban J connectivity index is 1.75. The number of ether oxygens (including phenoxy) is 2. The van der Waals surface area contributed by atoms with Crippen molar-refractivity contribution in [2.75, 3.05) is 17.2 Å². The first-order valence-electron chi connectivity index (χ1n) is 8.49. The number of nitrogens with one attached hydrogen (secondary N) is 2. The third-order valence-electron chi connectivity index (χ3n) is 3.23. The summed E-state index contributed by atoms with van der Waals surface area (Å²) in [5, 5.41) is 6.03. The number of halogens is 1. The lowest BCUT2D eigenvalue weighted by atomic mass is 10.2. The van der Waals surface area contributed by atoms with Crippen molar-refractivity contribution in [3.63, 3.8) is 0 Å². The van der Waals surface area contributed by atoms with Crippen molar-refractivity contribution >= 4 is 35.0 Å². The monoisotopic (exact) mass is 390 g/mol. The van der Waals surface area contributed by atoms with Gasteiger partial charge in [-0.25, -0.2) is 4.79 Å². The summed E-state index contributed by atoms with van der Waals surface area (Å²) in [7, 11) is 0. The zero-order chi connectivity index (χ0) is 19.9. The second-order valence-electron chi connectivity index (χ2n) is 6.80. The quantitative estimate of drug-likeness (QED) is 0.719. The Bertz CT molecular complexity index is 768. The highest BCUT2D eigenvalue weighted by Gasteiger charge is 2.16. The number of benzene rings is 2. The van der Waals surface area contributed by atoms with Gasteiger partial charge in [-0.1, -0.05) is 11.6 Å². The maximum atomic E-state index is 12.0. The molecule has 0 fully saturated rings. The van der Waals surface area contributed by atoms with Crippen LogP contribution >= 0.6 is 11.6 Å². The minimum atomic E-state index is -0.563. The average Bonchev–Trinajstić information content (AvgIpc) is 2.57. The standard InChI is InChI=1S/C20H23ClN2O4/c1-20(2,3)27-19(25)23-16-8-6-15(7-9-16)22-18(24)12-13-26-17-10-4-14(21)5-11-17/h4-11H,12-13H2,1-3H3,(H,22,24)(H,23,25). The molecule has 7 heteroatoms. The molecule has 2 N–H and O–H groups in total. The fourth-order valence-corrected chi connectivity index (χ4v) is 2.20. The molecule has 0 aromatic heterocycles. The van der Waals surface area contributed by atoms with Crippen LogP contribution in [0.15, 0.2) is 48.5 Å². The number of amides is 2. The van der Waals surface area contributed by atoms with Gasteiger partial charge < -0.3 is 14.8 Å². The highest BCUT2D eigenvalue weighted by atomic mass is 35.5. The molecule has 2 amide bonds. The normalized spacial score (nSPS) is 10.8. The van der Waals surface area contributed by atoms with Gasteiger partial charge in [0.25, 0.3) is 0 Å². The zero-order valence-corrected chi connectivity index (χ0v) is 16.3. The van der Waals surface area contributed by atoms with Gasteiger partial charge in [0.2, 0.25) is 5.91 Å². The van der Waals surface area contributed by atoms with Crippen LogP contribution in [0.2, 0.25) is 5.02 Å². The maximum Gasteiger partial charge on any atom is 0.412 e. The molecule has 27 heavy (non-hydrogen) atoms. The number of anilines is 2. The summed E-state index contributed by atoms with van der Waals surface area (Å²) in [6, 6.07) is 13.7. The highest BCUT2D eigenvalue weighted by Crippen LogP contribution is 2.17. The summed E-state index contributed by atoms with van der Waals surface area (Å²) in [4.78, 5) is 23.7. The molecule has 0 saturated carbocycles. The van der Waals surface area contributed by atoms with Crippen LogP contribution in [-0.2, 0) is 9.53 Å². The van der Waals surface area contributed by atoms with Crippen molar-refractivity contribution in [1.82, 2.24) is 0 Å². The molecule has 2 aromatic carbocycles. The number of carbonyl (C=O) groups excluding carboxylic acids is 2. The maximum absolute atomic E-state index is 12.0. The summed E-state index contributed by atoms with van der Waals surface area (Å²) in [5.41, 5.74) is 0.640. The number of carbonyl (C=O) groups is 2. The molecule has 2 rings (SSSR count). The Morgan fingerprint density at radius 3 is 2.04 bits per heavy atom. The largest absolute Gasteiger partial charge is 0.493 e. The summed E-state index contributed by atoms with van der Waals surface area (Å²) in [6.07, 6.45) is -0.320. The van der Waals surface area contributed by atoms with Gasteiger partial charge in [0, 0.05) is 16.4 Å². The average molecular weight is 391 g/mol. The van der Waals surface area contributed by atoms with Gasteiger partial charge >= 0.3 is 6.09 Å². The van der Waals surface area contributed by atoms with Crippen molar-refractivity contribution in [2.45, 2.75) is 32.8 Å². The Morgan fingerprint density at radius 1 is 0.926 bits per heavy atom. The molecule has 0 radical (unpaired) electrons. The van der Waals surface area contributed by atoms with Crippen LogP contribution in [-0.4, -0.2) is 24.2 Å². The second kappa shape index (κ2) is 9.28. The molecule has 0 aliphatic carbocycles. The first-order chi connectivity index (χ1) is 12.7. The van der Waals surface area contributed by atoms with Gasteiger partial charge in [0.05, 0.1) is 13.0 Å². The summed E-state index contributed by atoms with van der Waals surface area (Å²) < 4.78 is 10.7. The van der Waals surface area contributed by atoms with Gasteiger partial charge in [0.1, 0.15) is 11.4 Å². The Labute approximate surface area is 163 Å². The van der Waals surface area contributed by atoms with Crippen LogP contribution in [0.4, 0.5) is 16.2 Å². The molecule has 0 aliphatic heterocycles. The lowest BCUT2D eigenvalue weighted by molar-refractivity contribution is -0.116. The number of rotatable bonds is 6. The molecular weight excluding hydrogens is 368 g/mol. The van der Waals surface area contributed by atoms with E-state index in [0.29, 0.717) is 22.1 Å². The smallest absolute Gasteiger partial charge is 0.412 e. The van der Waals surface area contributed by atoms with Gasteiger partial charge in [-0.15, -0.1) is 0 Å². The predicted molar refractivity (Wildman–Crippen MR) is 106 cm³/mol. The van der Waals surface area contributed by atoms with Crippen molar-refractivity contribution < 1.29 is 19.1 Å². The van der Waals surface area contributed by atoms with Gasteiger partial charge in [-0.3, -0.25) is 10.1 Å². The van der Waals surface area contributed by atoms with Crippen molar-refractivity contribution in [2.24, 2.45) is 0 Å². The van der Waals surface area contributed by atoms with Crippen LogP contribution in [0.25, 0.3) is 0 Å². The van der Waals surface area contributed by atoms with E-state index < -0.39 is 11.7 Å². The Kier molecular flexibility index (Phi) is 7.07. The molecule has 0 atom stereocenters. The minimum Gasteiger partial charge on any atom is -0.493 e. The van der Waals surface area contributed by atoms with Crippen LogP contribution in [0.1, 0.15) is 27.2 Å². The second-order valence-corrected chi connectivity index (χ2v) is 7.24. The third-order valence-corrected chi connectivity index (χ3v) is 3.48. The van der Waals surface area contributed by atoms with E-state index in [4.69, 9.17) is 21.1 Å². The van der Waals surface area contributed by atoms with Crippen LogP contribution in [0.5, 0.6) is 5.75 Å². The topological polar surface area (TPSA) is 76.7 Å². The fraction of sp³-hybridized carbons (Fsp3) is 0.300. The predicted octanol–water partition coefficient (Wildman–Crippen LogP) is 5.09. The molecule has 0 spiro atoms. The third kappa shape index (κ3) is 8.00. The van der Waals surface area contributed by atoms with Crippen LogP contribution in [0, 0.1) is 0 Å². The van der Waals surface area contributed by atoms with E-state index in [9.17, 15) is 9.59 Å². The van der Waals surface area contributed by atoms with E-state index in [0.717, 1.165) is 0 Å². The molecule has 0 aliphatic rings. The Hall–Kier alpha value is -2.73. The molecular formula is C20H23ClN2O4. The van der Waals surface area contributed by atoms with Crippen molar-refractivity contribution in [1.29, 1.82) is 0 Å². The lowest BCUT2D eigenvalue weighted by Crippen LogP contribution is -2.27.